The number of fused-ring (bicyclic) bond motifs is 1. The molecule has 5 heteroatoms. The van der Waals surface area contributed by atoms with Crippen LogP contribution in [0.2, 0.25) is 0 Å². The fraction of sp³-hybridized carbons (Fsp3) is 0.375. The summed E-state index contributed by atoms with van der Waals surface area (Å²) >= 11 is 0. The lowest BCUT2D eigenvalue weighted by molar-refractivity contribution is -0.142. The van der Waals surface area contributed by atoms with Crippen molar-refractivity contribution in [2.45, 2.75) is 19.4 Å². The Labute approximate surface area is 121 Å². The maximum Gasteiger partial charge on any atom is 0.233 e. The van der Waals surface area contributed by atoms with E-state index >= 15 is 0 Å². The lowest BCUT2D eigenvalue weighted by atomic mass is 10.1. The van der Waals surface area contributed by atoms with E-state index in [9.17, 15) is 14.0 Å². The smallest absolute Gasteiger partial charge is 0.233 e. The monoisotopic (exact) mass is 287 g/mol. The van der Waals surface area contributed by atoms with Gasteiger partial charge in [-0.2, -0.15) is 0 Å². The molecule has 1 aromatic rings. The summed E-state index contributed by atoms with van der Waals surface area (Å²) in [4.78, 5) is 25.0. The number of carbonyl (C=O) groups excluding carboxylic acids is 2. The topological polar surface area (TPSA) is 57.6 Å². The van der Waals surface area contributed by atoms with E-state index in [1.54, 1.807) is 12.1 Å². The molecule has 1 saturated carbocycles. The Kier molecular flexibility index (Phi) is 3.48. The van der Waals surface area contributed by atoms with Crippen molar-refractivity contribution in [2.75, 3.05) is 6.61 Å². The van der Waals surface area contributed by atoms with Crippen LogP contribution in [0, 0.1) is 29.5 Å². The lowest BCUT2D eigenvalue weighted by Gasteiger charge is -2.16. The van der Waals surface area contributed by atoms with E-state index in [0.29, 0.717) is 12.0 Å². The molecule has 0 bridgehead atoms. The number of imide groups is 1. The summed E-state index contributed by atoms with van der Waals surface area (Å²) in [7, 11) is 0. The third-order valence-electron chi connectivity index (χ3n) is 3.79. The number of aliphatic hydroxyl groups is 1. The summed E-state index contributed by atoms with van der Waals surface area (Å²) in [5.41, 5.74) is 0.887. The Morgan fingerprint density at radius 3 is 2.67 bits per heavy atom. The summed E-state index contributed by atoms with van der Waals surface area (Å²) in [6.07, 6.45) is 0.950. The Hall–Kier alpha value is -2.19. The second kappa shape index (κ2) is 5.30. The van der Waals surface area contributed by atoms with Gasteiger partial charge < -0.3 is 5.11 Å². The fourth-order valence-electron chi connectivity index (χ4n) is 2.57. The van der Waals surface area contributed by atoms with Gasteiger partial charge in [0.2, 0.25) is 11.8 Å². The second-order valence-electron chi connectivity index (χ2n) is 5.30. The van der Waals surface area contributed by atoms with Gasteiger partial charge in [0.05, 0.1) is 30.6 Å². The number of hydrogen-bond donors (Lipinski definition) is 1. The molecule has 1 heterocycles. The number of aliphatic hydroxyl groups excluding tert-OH is 1. The maximum atomic E-state index is 13.6. The van der Waals surface area contributed by atoms with Crippen LogP contribution in [-0.2, 0) is 16.1 Å². The molecular formula is C16H14FNO3. The summed E-state index contributed by atoms with van der Waals surface area (Å²) < 4.78 is 13.6. The molecule has 2 aliphatic rings. The molecule has 0 radical (unpaired) electrons. The highest BCUT2D eigenvalue weighted by molar-refractivity contribution is 6.08. The van der Waals surface area contributed by atoms with Crippen LogP contribution in [0.5, 0.6) is 0 Å². The summed E-state index contributed by atoms with van der Waals surface area (Å²) in [5.74, 6) is 4.36. The third-order valence-corrected chi connectivity index (χ3v) is 3.79. The molecule has 4 nitrogen and oxygen atoms in total. The Balaban J connectivity index is 1.77. The minimum absolute atomic E-state index is 0.0755. The van der Waals surface area contributed by atoms with Crippen LogP contribution in [0.3, 0.4) is 0 Å². The molecule has 1 aliphatic heterocycles. The highest BCUT2D eigenvalue weighted by Gasteiger charge is 2.58. The molecule has 1 aliphatic carbocycles. The molecule has 2 fully saturated rings. The van der Waals surface area contributed by atoms with Crippen LogP contribution in [-0.4, -0.2) is 28.4 Å². The van der Waals surface area contributed by atoms with E-state index in [-0.39, 0.29) is 48.8 Å². The number of likely N-dealkylation sites (tertiary alicyclic amines) is 1. The molecule has 108 valence electrons. The van der Waals surface area contributed by atoms with E-state index < -0.39 is 5.82 Å². The van der Waals surface area contributed by atoms with Gasteiger partial charge in [0.25, 0.3) is 0 Å². The zero-order chi connectivity index (χ0) is 15.0. The van der Waals surface area contributed by atoms with Crippen molar-refractivity contribution in [2.24, 2.45) is 11.8 Å². The second-order valence-corrected chi connectivity index (χ2v) is 5.30. The predicted molar refractivity (Wildman–Crippen MR) is 72.1 cm³/mol. The van der Waals surface area contributed by atoms with Crippen molar-refractivity contribution in [3.63, 3.8) is 0 Å². The first-order valence-electron chi connectivity index (χ1n) is 6.85. The molecule has 1 aromatic carbocycles. The van der Waals surface area contributed by atoms with E-state index in [2.05, 4.69) is 11.8 Å². The number of amides is 2. The summed E-state index contributed by atoms with van der Waals surface area (Å²) in [6, 6.07) is 4.38. The number of hydrogen-bond acceptors (Lipinski definition) is 3. The SMILES string of the molecule is O=C1C2CC2C(=O)N1Cc1ccc(F)c(C#CCCO)c1. The first kappa shape index (κ1) is 13.8. The molecule has 21 heavy (non-hydrogen) atoms. The molecule has 1 saturated heterocycles. The van der Waals surface area contributed by atoms with E-state index in [1.807, 2.05) is 0 Å². The van der Waals surface area contributed by atoms with Crippen LogP contribution < -0.4 is 0 Å². The van der Waals surface area contributed by atoms with Gasteiger partial charge in [0, 0.05) is 6.42 Å². The number of carbonyl (C=O) groups is 2. The Morgan fingerprint density at radius 2 is 2.00 bits per heavy atom. The van der Waals surface area contributed by atoms with Gasteiger partial charge in [-0.05, 0) is 24.1 Å². The van der Waals surface area contributed by atoms with Crippen LogP contribution in [0.4, 0.5) is 4.39 Å². The zero-order valence-corrected chi connectivity index (χ0v) is 11.3. The van der Waals surface area contributed by atoms with Gasteiger partial charge in [-0.15, -0.1) is 0 Å². The van der Waals surface area contributed by atoms with Gasteiger partial charge in [-0.25, -0.2) is 4.39 Å². The van der Waals surface area contributed by atoms with Gasteiger partial charge in [-0.1, -0.05) is 17.9 Å². The van der Waals surface area contributed by atoms with E-state index in [4.69, 9.17) is 5.11 Å². The predicted octanol–water partition coefficient (Wildman–Crippen LogP) is 1.06. The van der Waals surface area contributed by atoms with Crippen LogP contribution >= 0.6 is 0 Å². The first-order valence-corrected chi connectivity index (χ1v) is 6.85. The van der Waals surface area contributed by atoms with Crippen molar-refractivity contribution in [3.05, 3.63) is 35.1 Å². The van der Waals surface area contributed by atoms with E-state index in [0.717, 1.165) is 0 Å². The summed E-state index contributed by atoms with van der Waals surface area (Å²) in [6.45, 7) is 0.0908. The number of rotatable bonds is 3. The van der Waals surface area contributed by atoms with Crippen molar-refractivity contribution < 1.29 is 19.1 Å². The molecule has 3 rings (SSSR count). The molecule has 0 aromatic heterocycles. The molecule has 2 amide bonds. The molecular weight excluding hydrogens is 273 g/mol. The average Bonchev–Trinajstić information content (AvgIpc) is 3.22. The number of halogens is 1. The zero-order valence-electron chi connectivity index (χ0n) is 11.3. The van der Waals surface area contributed by atoms with Gasteiger partial charge >= 0.3 is 0 Å². The third kappa shape index (κ3) is 2.55. The largest absolute Gasteiger partial charge is 0.395 e. The number of nitrogens with zero attached hydrogens (tertiary/aromatic N) is 1. The standard InChI is InChI=1S/C16H14FNO3/c17-14-5-4-10(7-11(14)3-1-2-6-19)9-18-15(20)12-8-13(12)16(18)21/h4-5,7,12-13,19H,2,6,8-9H2. The highest BCUT2D eigenvalue weighted by Crippen LogP contribution is 2.47. The number of benzene rings is 1. The lowest BCUT2D eigenvalue weighted by Crippen LogP contribution is -2.32. The summed E-state index contributed by atoms with van der Waals surface area (Å²) in [5, 5.41) is 8.67. The minimum atomic E-state index is -0.453. The molecule has 2 atom stereocenters. The van der Waals surface area contributed by atoms with Crippen LogP contribution in [0.1, 0.15) is 24.0 Å². The quantitative estimate of drug-likeness (QED) is 0.668. The van der Waals surface area contributed by atoms with Crippen molar-refractivity contribution in [1.82, 2.24) is 4.90 Å². The Morgan fingerprint density at radius 1 is 1.29 bits per heavy atom. The first-order chi connectivity index (χ1) is 10.1. The van der Waals surface area contributed by atoms with Gasteiger partial charge in [-0.3, -0.25) is 14.5 Å². The molecule has 2 unspecified atom stereocenters. The fourth-order valence-corrected chi connectivity index (χ4v) is 2.57. The minimum Gasteiger partial charge on any atom is -0.395 e. The number of piperidine rings is 1. The Bertz CT molecular complexity index is 654. The van der Waals surface area contributed by atoms with Crippen LogP contribution in [0.25, 0.3) is 0 Å². The van der Waals surface area contributed by atoms with Gasteiger partial charge in [0.15, 0.2) is 0 Å². The average molecular weight is 287 g/mol. The molecule has 1 N–H and O–H groups in total. The normalized spacial score (nSPS) is 22.9. The van der Waals surface area contributed by atoms with Crippen molar-refractivity contribution in [3.8, 4) is 11.8 Å². The van der Waals surface area contributed by atoms with Crippen molar-refractivity contribution >= 4 is 11.8 Å². The van der Waals surface area contributed by atoms with Crippen molar-refractivity contribution in [1.29, 1.82) is 0 Å². The molecule has 0 spiro atoms. The van der Waals surface area contributed by atoms with E-state index in [1.165, 1.54) is 11.0 Å². The maximum absolute atomic E-state index is 13.6. The highest BCUT2D eigenvalue weighted by atomic mass is 19.1. The van der Waals surface area contributed by atoms with Gasteiger partial charge in [0.1, 0.15) is 5.82 Å². The van der Waals surface area contributed by atoms with Crippen LogP contribution in [0.15, 0.2) is 18.2 Å².